The highest BCUT2D eigenvalue weighted by atomic mass is 32.2. The molecule has 4 rings (SSSR count). The quantitative estimate of drug-likeness (QED) is 0.483. The number of amides is 1. The molecule has 6 nitrogen and oxygen atoms in total. The highest BCUT2D eigenvalue weighted by Crippen LogP contribution is 2.26. The van der Waals surface area contributed by atoms with Gasteiger partial charge in [0.25, 0.3) is 0 Å². The van der Waals surface area contributed by atoms with Gasteiger partial charge in [-0.2, -0.15) is 0 Å². The van der Waals surface area contributed by atoms with E-state index in [1.54, 1.807) is 7.11 Å². The average molecular weight is 404 g/mol. The molecular formula is C22H20N4O2S. The Morgan fingerprint density at radius 1 is 1.03 bits per heavy atom. The largest absolute Gasteiger partial charge is 0.497 e. The van der Waals surface area contributed by atoms with Gasteiger partial charge in [0.2, 0.25) is 5.91 Å². The van der Waals surface area contributed by atoms with Gasteiger partial charge in [-0.15, -0.1) is 10.2 Å². The number of rotatable bonds is 6. The Hall–Kier alpha value is -3.32. The average Bonchev–Trinajstić information content (AvgIpc) is 3.13. The molecule has 0 fully saturated rings. The summed E-state index contributed by atoms with van der Waals surface area (Å²) in [5.74, 6) is 1.69. The highest BCUT2D eigenvalue weighted by Gasteiger charge is 2.13. The fraction of sp³-hybridized carbons (Fsp3) is 0.136. The number of carbonyl (C=O) groups is 1. The fourth-order valence-electron chi connectivity index (χ4n) is 3.08. The van der Waals surface area contributed by atoms with Crippen LogP contribution >= 0.6 is 11.8 Å². The number of methoxy groups -OCH3 is 1. The third-order valence-corrected chi connectivity index (χ3v) is 5.60. The summed E-state index contributed by atoms with van der Waals surface area (Å²) in [6.07, 6.45) is 0. The van der Waals surface area contributed by atoms with Crippen LogP contribution in [0.1, 0.15) is 0 Å². The summed E-state index contributed by atoms with van der Waals surface area (Å²) in [5, 5.41) is 14.3. The van der Waals surface area contributed by atoms with Crippen molar-refractivity contribution in [2.45, 2.75) is 5.16 Å². The second-order valence-electron chi connectivity index (χ2n) is 6.46. The van der Waals surface area contributed by atoms with Crippen LogP contribution in [0.5, 0.6) is 5.75 Å². The molecule has 0 radical (unpaired) electrons. The van der Waals surface area contributed by atoms with Gasteiger partial charge in [0.05, 0.1) is 12.9 Å². The van der Waals surface area contributed by atoms with Gasteiger partial charge in [-0.3, -0.25) is 4.79 Å². The van der Waals surface area contributed by atoms with Crippen LogP contribution < -0.4 is 10.1 Å². The number of ether oxygens (including phenoxy) is 1. The van der Waals surface area contributed by atoms with Crippen molar-refractivity contribution in [3.05, 3.63) is 66.7 Å². The lowest BCUT2D eigenvalue weighted by Crippen LogP contribution is -2.14. The van der Waals surface area contributed by atoms with E-state index in [0.717, 1.165) is 33.6 Å². The molecule has 146 valence electrons. The minimum atomic E-state index is -0.0830. The molecule has 29 heavy (non-hydrogen) atoms. The van der Waals surface area contributed by atoms with Crippen LogP contribution in [0.25, 0.3) is 22.2 Å². The van der Waals surface area contributed by atoms with Crippen LogP contribution in [0.4, 0.5) is 5.69 Å². The van der Waals surface area contributed by atoms with Crippen LogP contribution in [0, 0.1) is 0 Å². The molecule has 0 atom stereocenters. The van der Waals surface area contributed by atoms with E-state index in [4.69, 9.17) is 4.74 Å². The molecule has 0 unspecified atom stereocenters. The van der Waals surface area contributed by atoms with E-state index in [2.05, 4.69) is 15.5 Å². The standard InChI is InChI=1S/C22H20N4O2S/c1-26-21(16-10-12-17(28-2)13-11-16)24-25-22(26)29-14-20(27)23-19-9-5-7-15-6-3-4-8-18(15)19/h3-13H,14H2,1-2H3,(H,23,27). The third kappa shape index (κ3) is 4.09. The van der Waals surface area contributed by atoms with Crippen molar-refractivity contribution < 1.29 is 9.53 Å². The molecule has 1 heterocycles. The summed E-state index contributed by atoms with van der Waals surface area (Å²) in [4.78, 5) is 12.5. The van der Waals surface area contributed by atoms with Crippen LogP contribution in [0.3, 0.4) is 0 Å². The van der Waals surface area contributed by atoms with Crippen molar-refractivity contribution in [2.24, 2.45) is 7.05 Å². The number of nitrogens with one attached hydrogen (secondary N) is 1. The van der Waals surface area contributed by atoms with Gasteiger partial charge in [0.15, 0.2) is 11.0 Å². The van der Waals surface area contributed by atoms with E-state index < -0.39 is 0 Å². The first-order valence-corrected chi connectivity index (χ1v) is 10.1. The molecule has 0 spiro atoms. The smallest absolute Gasteiger partial charge is 0.234 e. The van der Waals surface area contributed by atoms with Gasteiger partial charge in [0.1, 0.15) is 5.75 Å². The van der Waals surface area contributed by atoms with Gasteiger partial charge in [0, 0.05) is 23.7 Å². The first-order valence-electron chi connectivity index (χ1n) is 9.10. The molecule has 3 aromatic carbocycles. The molecule has 1 aromatic heterocycles. The Morgan fingerprint density at radius 3 is 2.59 bits per heavy atom. The normalized spacial score (nSPS) is 10.8. The molecule has 0 saturated heterocycles. The van der Waals surface area contributed by atoms with E-state index in [1.807, 2.05) is 78.3 Å². The van der Waals surface area contributed by atoms with Crippen LogP contribution in [0.15, 0.2) is 71.9 Å². The van der Waals surface area contributed by atoms with Crippen molar-refractivity contribution in [3.63, 3.8) is 0 Å². The first kappa shape index (κ1) is 19.0. The minimum Gasteiger partial charge on any atom is -0.497 e. The number of benzene rings is 3. The number of aromatic nitrogens is 3. The topological polar surface area (TPSA) is 69.0 Å². The summed E-state index contributed by atoms with van der Waals surface area (Å²) < 4.78 is 7.08. The lowest BCUT2D eigenvalue weighted by Gasteiger charge is -2.08. The van der Waals surface area contributed by atoms with Crippen molar-refractivity contribution in [1.29, 1.82) is 0 Å². The lowest BCUT2D eigenvalue weighted by atomic mass is 10.1. The Labute approximate surface area is 172 Å². The van der Waals surface area contributed by atoms with Crippen molar-refractivity contribution in [1.82, 2.24) is 14.8 Å². The molecule has 0 aliphatic carbocycles. The van der Waals surface area contributed by atoms with Crippen molar-refractivity contribution in [3.8, 4) is 17.1 Å². The number of hydrogen-bond acceptors (Lipinski definition) is 5. The number of hydrogen-bond donors (Lipinski definition) is 1. The lowest BCUT2D eigenvalue weighted by molar-refractivity contribution is -0.113. The van der Waals surface area contributed by atoms with Crippen molar-refractivity contribution in [2.75, 3.05) is 18.2 Å². The van der Waals surface area contributed by atoms with E-state index >= 15 is 0 Å². The molecule has 0 saturated carbocycles. The maximum absolute atomic E-state index is 12.5. The third-order valence-electron chi connectivity index (χ3n) is 4.58. The molecule has 1 amide bonds. The van der Waals surface area contributed by atoms with Gasteiger partial charge >= 0.3 is 0 Å². The van der Waals surface area contributed by atoms with E-state index in [-0.39, 0.29) is 11.7 Å². The zero-order chi connectivity index (χ0) is 20.2. The number of carbonyl (C=O) groups excluding carboxylic acids is 1. The number of fused-ring (bicyclic) bond motifs is 1. The summed E-state index contributed by atoms with van der Waals surface area (Å²) in [6, 6.07) is 21.5. The zero-order valence-electron chi connectivity index (χ0n) is 16.1. The molecule has 0 aliphatic rings. The van der Waals surface area contributed by atoms with Gasteiger partial charge in [-0.05, 0) is 35.7 Å². The summed E-state index contributed by atoms with van der Waals surface area (Å²) in [5.41, 5.74) is 1.75. The molecule has 4 aromatic rings. The van der Waals surface area contributed by atoms with Crippen LogP contribution in [-0.2, 0) is 11.8 Å². The zero-order valence-corrected chi connectivity index (χ0v) is 16.9. The SMILES string of the molecule is COc1ccc(-c2nnc(SCC(=O)Nc3cccc4ccccc34)n2C)cc1. The van der Waals surface area contributed by atoms with Gasteiger partial charge < -0.3 is 14.6 Å². The van der Waals surface area contributed by atoms with E-state index in [9.17, 15) is 4.79 Å². The molecule has 7 heteroatoms. The minimum absolute atomic E-state index is 0.0830. The summed E-state index contributed by atoms with van der Waals surface area (Å²) in [6.45, 7) is 0. The second kappa shape index (κ2) is 8.36. The Kier molecular flexibility index (Phi) is 5.48. The maximum Gasteiger partial charge on any atom is 0.234 e. The Bertz CT molecular complexity index is 1150. The molecular weight excluding hydrogens is 384 g/mol. The second-order valence-corrected chi connectivity index (χ2v) is 7.40. The van der Waals surface area contributed by atoms with Gasteiger partial charge in [-0.25, -0.2) is 0 Å². The van der Waals surface area contributed by atoms with Crippen molar-refractivity contribution >= 4 is 34.1 Å². The molecule has 0 bridgehead atoms. The fourth-order valence-corrected chi connectivity index (χ4v) is 3.79. The number of thioether (sulfide) groups is 1. The summed E-state index contributed by atoms with van der Waals surface area (Å²) >= 11 is 1.36. The van der Waals surface area contributed by atoms with E-state index in [1.165, 1.54) is 11.8 Å². The summed E-state index contributed by atoms with van der Waals surface area (Å²) in [7, 11) is 3.53. The molecule has 0 aliphatic heterocycles. The Morgan fingerprint density at radius 2 is 1.79 bits per heavy atom. The maximum atomic E-state index is 12.5. The highest BCUT2D eigenvalue weighted by molar-refractivity contribution is 7.99. The monoisotopic (exact) mass is 404 g/mol. The number of nitrogens with zero attached hydrogens (tertiary/aromatic N) is 3. The van der Waals surface area contributed by atoms with Crippen LogP contribution in [0.2, 0.25) is 0 Å². The predicted molar refractivity (Wildman–Crippen MR) is 116 cm³/mol. The Balaban J connectivity index is 1.43. The predicted octanol–water partition coefficient (Wildman–Crippen LogP) is 4.37. The van der Waals surface area contributed by atoms with E-state index in [0.29, 0.717) is 5.16 Å². The first-order chi connectivity index (χ1) is 14.2. The number of anilines is 1. The van der Waals surface area contributed by atoms with Crippen LogP contribution in [-0.4, -0.2) is 33.5 Å². The molecule has 1 N–H and O–H groups in total. The van der Waals surface area contributed by atoms with Gasteiger partial charge in [-0.1, -0.05) is 48.2 Å².